The normalized spacial score (nSPS) is 11.2. The van der Waals surface area contributed by atoms with Crippen molar-refractivity contribution in [2.45, 2.75) is 18.4 Å². The highest BCUT2D eigenvalue weighted by Gasteiger charge is 2.29. The highest BCUT2D eigenvalue weighted by Crippen LogP contribution is 2.32. The van der Waals surface area contributed by atoms with Gasteiger partial charge in [0.25, 0.3) is 15.9 Å². The number of rotatable bonds is 13. The fraction of sp³-hybridized carbons (Fsp3) is 0.161. The molecule has 0 unspecified atom stereocenters. The van der Waals surface area contributed by atoms with Gasteiger partial charge in [0.05, 0.1) is 30.5 Å². The van der Waals surface area contributed by atoms with Crippen molar-refractivity contribution in [2.24, 2.45) is 5.10 Å². The predicted octanol–water partition coefficient (Wildman–Crippen LogP) is 5.02. The van der Waals surface area contributed by atoms with E-state index in [2.05, 4.69) is 10.5 Å². The minimum absolute atomic E-state index is 0.0456. The van der Waals surface area contributed by atoms with E-state index in [0.29, 0.717) is 36.0 Å². The van der Waals surface area contributed by atoms with E-state index in [4.69, 9.17) is 14.2 Å². The molecule has 0 saturated carbocycles. The third-order valence-corrected chi connectivity index (χ3v) is 7.65. The molecule has 4 aromatic carbocycles. The number of para-hydroxylation sites is 2. The van der Waals surface area contributed by atoms with Crippen molar-refractivity contribution in [3.05, 3.63) is 114 Å². The Hall–Kier alpha value is -4.83. The largest absolute Gasteiger partial charge is 0.493 e. The van der Waals surface area contributed by atoms with Crippen molar-refractivity contribution in [3.63, 3.8) is 0 Å². The van der Waals surface area contributed by atoms with Crippen LogP contribution < -0.4 is 23.9 Å². The van der Waals surface area contributed by atoms with Gasteiger partial charge < -0.3 is 14.2 Å². The number of hydrazone groups is 1. The molecule has 0 spiro atoms. The number of carbonyl (C=O) groups is 1. The van der Waals surface area contributed by atoms with Crippen molar-refractivity contribution in [1.29, 1.82) is 0 Å². The topological polar surface area (TPSA) is 107 Å². The summed E-state index contributed by atoms with van der Waals surface area (Å²) in [6.45, 7) is 1.99. The van der Waals surface area contributed by atoms with Gasteiger partial charge in [0.2, 0.25) is 0 Å². The van der Waals surface area contributed by atoms with Gasteiger partial charge in [0.1, 0.15) is 18.9 Å². The number of carbonyl (C=O) groups excluding carboxylic acids is 1. The van der Waals surface area contributed by atoms with E-state index in [0.717, 1.165) is 9.87 Å². The fourth-order valence-electron chi connectivity index (χ4n) is 3.92. The number of anilines is 1. The average Bonchev–Trinajstić information content (AvgIpc) is 3.00. The number of hydrogen-bond acceptors (Lipinski definition) is 7. The van der Waals surface area contributed by atoms with Crippen LogP contribution in [0.1, 0.15) is 18.1 Å². The van der Waals surface area contributed by atoms with Crippen molar-refractivity contribution in [3.8, 4) is 17.2 Å². The van der Waals surface area contributed by atoms with E-state index in [1.54, 1.807) is 67.6 Å². The Morgan fingerprint density at radius 3 is 2.24 bits per heavy atom. The van der Waals surface area contributed by atoms with Gasteiger partial charge in [-0.25, -0.2) is 13.8 Å². The van der Waals surface area contributed by atoms with Gasteiger partial charge in [-0.1, -0.05) is 60.7 Å². The van der Waals surface area contributed by atoms with Crippen LogP contribution >= 0.6 is 0 Å². The molecule has 0 aliphatic carbocycles. The number of hydrogen-bond donors (Lipinski definition) is 1. The zero-order valence-electron chi connectivity index (χ0n) is 22.8. The third kappa shape index (κ3) is 7.64. The van der Waals surface area contributed by atoms with Crippen LogP contribution in [0, 0.1) is 0 Å². The highest BCUT2D eigenvalue weighted by molar-refractivity contribution is 7.92. The summed E-state index contributed by atoms with van der Waals surface area (Å²) in [6, 6.07) is 29.6. The molecular formula is C31H31N3O6S. The number of ether oxygens (including phenoxy) is 3. The Balaban J connectivity index is 1.48. The fourth-order valence-corrected chi connectivity index (χ4v) is 5.38. The van der Waals surface area contributed by atoms with Crippen LogP contribution in [0.2, 0.25) is 0 Å². The first-order valence-electron chi connectivity index (χ1n) is 12.9. The molecule has 4 aromatic rings. The van der Waals surface area contributed by atoms with Crippen LogP contribution in [0.4, 0.5) is 5.69 Å². The van der Waals surface area contributed by atoms with Crippen LogP contribution in [-0.4, -0.2) is 40.8 Å². The second-order valence-electron chi connectivity index (χ2n) is 8.70. The first-order chi connectivity index (χ1) is 19.9. The van der Waals surface area contributed by atoms with E-state index in [1.165, 1.54) is 25.5 Å². The van der Waals surface area contributed by atoms with Crippen LogP contribution in [0.15, 0.2) is 113 Å². The summed E-state index contributed by atoms with van der Waals surface area (Å²) >= 11 is 0. The van der Waals surface area contributed by atoms with Gasteiger partial charge in [0, 0.05) is 0 Å². The highest BCUT2D eigenvalue weighted by atomic mass is 32.2. The SMILES string of the molecule is CCOc1ccccc1N(CC(=O)N/N=C/c1ccc(OCc2ccccc2)c(OC)c1)S(=O)(=O)c1ccccc1. The molecule has 0 aliphatic heterocycles. The first-order valence-corrected chi connectivity index (χ1v) is 14.3. The quantitative estimate of drug-likeness (QED) is 0.178. The predicted molar refractivity (Wildman–Crippen MR) is 158 cm³/mol. The van der Waals surface area contributed by atoms with Gasteiger partial charge in [-0.15, -0.1) is 0 Å². The lowest BCUT2D eigenvalue weighted by atomic mass is 10.2. The Morgan fingerprint density at radius 1 is 0.854 bits per heavy atom. The molecule has 0 heterocycles. The van der Waals surface area contributed by atoms with Gasteiger partial charge in [0.15, 0.2) is 11.5 Å². The molecule has 0 aromatic heterocycles. The zero-order chi connectivity index (χ0) is 29.1. The van der Waals surface area contributed by atoms with Crippen LogP contribution in [0.25, 0.3) is 0 Å². The van der Waals surface area contributed by atoms with Crippen molar-refractivity contribution >= 4 is 27.8 Å². The van der Waals surface area contributed by atoms with Gasteiger partial charge >= 0.3 is 0 Å². The number of nitrogens with one attached hydrogen (secondary N) is 1. The lowest BCUT2D eigenvalue weighted by molar-refractivity contribution is -0.119. The van der Waals surface area contributed by atoms with Gasteiger partial charge in [-0.05, 0) is 60.5 Å². The zero-order valence-corrected chi connectivity index (χ0v) is 23.6. The maximum Gasteiger partial charge on any atom is 0.264 e. The number of sulfonamides is 1. The molecule has 10 heteroatoms. The minimum atomic E-state index is -4.10. The summed E-state index contributed by atoms with van der Waals surface area (Å²) < 4.78 is 45.2. The summed E-state index contributed by atoms with van der Waals surface area (Å²) in [6.07, 6.45) is 1.44. The molecule has 1 amide bonds. The van der Waals surface area contributed by atoms with Crippen molar-refractivity contribution in [1.82, 2.24) is 5.43 Å². The average molecular weight is 574 g/mol. The summed E-state index contributed by atoms with van der Waals surface area (Å²) in [7, 11) is -2.56. The Labute approximate surface area is 240 Å². The van der Waals surface area contributed by atoms with Gasteiger partial charge in [-0.3, -0.25) is 9.10 Å². The van der Waals surface area contributed by atoms with Crippen LogP contribution in [0.3, 0.4) is 0 Å². The molecule has 0 aliphatic rings. The number of nitrogens with zero attached hydrogens (tertiary/aromatic N) is 2. The molecule has 0 fully saturated rings. The summed E-state index contributed by atoms with van der Waals surface area (Å²) in [4.78, 5) is 13.0. The second-order valence-corrected chi connectivity index (χ2v) is 10.6. The Bertz CT molecular complexity index is 1580. The number of methoxy groups -OCH3 is 1. The lowest BCUT2D eigenvalue weighted by Gasteiger charge is -2.25. The summed E-state index contributed by atoms with van der Waals surface area (Å²) in [5.74, 6) is 0.769. The minimum Gasteiger partial charge on any atom is -0.493 e. The molecule has 41 heavy (non-hydrogen) atoms. The molecule has 9 nitrogen and oxygen atoms in total. The van der Waals surface area contributed by atoms with Crippen molar-refractivity contribution < 1.29 is 27.4 Å². The second kappa shape index (κ2) is 14.0. The van der Waals surface area contributed by atoms with E-state index in [9.17, 15) is 13.2 Å². The number of amides is 1. The van der Waals surface area contributed by atoms with E-state index < -0.39 is 22.5 Å². The smallest absolute Gasteiger partial charge is 0.264 e. The van der Waals surface area contributed by atoms with Crippen LogP contribution in [0.5, 0.6) is 17.2 Å². The molecule has 0 atom stereocenters. The van der Waals surface area contributed by atoms with Gasteiger partial charge in [-0.2, -0.15) is 5.10 Å². The van der Waals surface area contributed by atoms with Crippen LogP contribution in [-0.2, 0) is 21.4 Å². The Morgan fingerprint density at radius 2 is 1.54 bits per heavy atom. The van der Waals surface area contributed by atoms with E-state index >= 15 is 0 Å². The summed E-state index contributed by atoms with van der Waals surface area (Å²) in [5.41, 5.74) is 4.33. The van der Waals surface area contributed by atoms with Crippen molar-refractivity contribution in [2.75, 3.05) is 24.6 Å². The maximum absolute atomic E-state index is 13.6. The molecule has 1 N–H and O–H groups in total. The Kier molecular flexibility index (Phi) is 9.95. The summed E-state index contributed by atoms with van der Waals surface area (Å²) in [5, 5.41) is 4.03. The molecule has 212 valence electrons. The molecule has 0 saturated heterocycles. The van der Waals surface area contributed by atoms with E-state index in [1.807, 2.05) is 30.3 Å². The maximum atomic E-state index is 13.6. The van der Waals surface area contributed by atoms with E-state index in [-0.39, 0.29) is 10.6 Å². The molecule has 0 radical (unpaired) electrons. The molecular weight excluding hydrogens is 542 g/mol. The first kappa shape index (κ1) is 29.2. The lowest BCUT2D eigenvalue weighted by Crippen LogP contribution is -2.39. The third-order valence-electron chi connectivity index (χ3n) is 5.88. The monoisotopic (exact) mass is 573 g/mol. The number of benzene rings is 4. The molecule has 0 bridgehead atoms. The standard InChI is InChI=1S/C31H31N3O6S/c1-3-39-28-17-11-10-16-27(28)34(41(36,37)26-14-8-5-9-15-26)22-31(35)33-32-21-25-18-19-29(30(20-25)38-2)40-23-24-12-6-4-7-13-24/h4-21H,3,22-23H2,1-2H3,(H,33,35)/b32-21+. The molecule has 4 rings (SSSR count).